The van der Waals surface area contributed by atoms with Gasteiger partial charge in [0.2, 0.25) is 0 Å². The van der Waals surface area contributed by atoms with Crippen molar-refractivity contribution in [2.75, 3.05) is 18.5 Å². The topological polar surface area (TPSA) is 87.0 Å². The zero-order chi connectivity index (χ0) is 24.1. The zero-order valence-electron chi connectivity index (χ0n) is 18.8. The van der Waals surface area contributed by atoms with E-state index in [4.69, 9.17) is 9.47 Å². The number of nitrogens with one attached hydrogen (secondary N) is 1. The van der Waals surface area contributed by atoms with Gasteiger partial charge in [0.15, 0.2) is 17.4 Å². The van der Waals surface area contributed by atoms with Crippen molar-refractivity contribution in [1.82, 2.24) is 24.7 Å². The molecule has 1 aliphatic rings. The molecule has 0 radical (unpaired) electrons. The molecule has 0 bridgehead atoms. The first-order valence-electron chi connectivity index (χ1n) is 11.0. The van der Waals surface area contributed by atoms with Crippen LogP contribution in [0.3, 0.4) is 0 Å². The summed E-state index contributed by atoms with van der Waals surface area (Å²) in [6, 6.07) is 4.93. The first-order chi connectivity index (χ1) is 17.0. The van der Waals surface area contributed by atoms with Crippen LogP contribution >= 0.6 is 11.3 Å². The van der Waals surface area contributed by atoms with Crippen molar-refractivity contribution in [2.45, 2.75) is 13.0 Å². The first-order valence-corrected chi connectivity index (χ1v) is 11.9. The Morgan fingerprint density at radius 2 is 2.03 bits per heavy atom. The maximum absolute atomic E-state index is 16.1. The van der Waals surface area contributed by atoms with Gasteiger partial charge in [-0.25, -0.2) is 23.7 Å². The molecule has 8 nitrogen and oxygen atoms in total. The van der Waals surface area contributed by atoms with Gasteiger partial charge in [0.25, 0.3) is 0 Å². The molecule has 1 atom stereocenters. The third kappa shape index (κ3) is 3.76. The van der Waals surface area contributed by atoms with Crippen molar-refractivity contribution in [2.24, 2.45) is 13.0 Å². The largest absolute Gasteiger partial charge is 0.486 e. The van der Waals surface area contributed by atoms with Gasteiger partial charge in [-0.15, -0.1) is 11.3 Å². The highest BCUT2D eigenvalue weighted by Gasteiger charge is 2.30. The fourth-order valence-corrected chi connectivity index (χ4v) is 4.79. The summed E-state index contributed by atoms with van der Waals surface area (Å²) in [5, 5.41) is 7.51. The zero-order valence-corrected chi connectivity index (χ0v) is 19.6. The van der Waals surface area contributed by atoms with E-state index in [1.165, 1.54) is 17.7 Å². The van der Waals surface area contributed by atoms with Gasteiger partial charge >= 0.3 is 0 Å². The van der Waals surface area contributed by atoms with Crippen molar-refractivity contribution in [3.8, 4) is 16.9 Å². The predicted molar refractivity (Wildman–Crippen MR) is 129 cm³/mol. The second kappa shape index (κ2) is 8.51. The highest BCUT2D eigenvalue weighted by Crippen LogP contribution is 2.41. The summed E-state index contributed by atoms with van der Waals surface area (Å²) in [6.45, 7) is 2.97. The molecule has 6 rings (SSSR count). The Morgan fingerprint density at radius 1 is 1.17 bits per heavy atom. The van der Waals surface area contributed by atoms with Crippen LogP contribution in [-0.4, -0.2) is 44.1 Å². The molecule has 11 heteroatoms. The number of aromatic nitrogens is 5. The summed E-state index contributed by atoms with van der Waals surface area (Å²) in [6.07, 6.45) is 4.34. The Kier molecular flexibility index (Phi) is 5.30. The summed E-state index contributed by atoms with van der Waals surface area (Å²) < 4.78 is 44.7. The summed E-state index contributed by atoms with van der Waals surface area (Å²) in [5.74, 6) is -0.635. The van der Waals surface area contributed by atoms with Crippen molar-refractivity contribution in [3.63, 3.8) is 0 Å². The quantitative estimate of drug-likeness (QED) is 0.352. The highest BCUT2D eigenvalue weighted by molar-refractivity contribution is 7.16. The lowest BCUT2D eigenvalue weighted by atomic mass is 10.0. The average Bonchev–Trinajstić information content (AvgIpc) is 3.45. The summed E-state index contributed by atoms with van der Waals surface area (Å²) in [5.41, 5.74) is 3.70. The van der Waals surface area contributed by atoms with E-state index < -0.39 is 11.6 Å². The lowest BCUT2D eigenvalue weighted by Gasteiger charge is -2.32. The Morgan fingerprint density at radius 3 is 2.77 bits per heavy atom. The molecule has 1 aliphatic heterocycles. The van der Waals surface area contributed by atoms with Crippen LogP contribution in [-0.2, 0) is 11.8 Å². The number of aryl methyl sites for hydroxylation is 1. The van der Waals surface area contributed by atoms with Crippen LogP contribution in [0, 0.1) is 17.6 Å². The van der Waals surface area contributed by atoms with E-state index in [9.17, 15) is 0 Å². The number of hydrogen-bond acceptors (Lipinski definition) is 8. The standard InChI is InChI=1S/C24H20F2N6O2S/c1-12(14-8-33-9-14)34-22-19-18(5-15(20(22)25)13-6-30-32(2)7-13)27-10-28-24(19)31-16-3-4-17-23(21(16)26)35-11-29-17/h3-7,10-12,14H,8-9H2,1-2H3,(H,27,28,31)/t12-/m1/s1. The van der Waals surface area contributed by atoms with Crippen molar-refractivity contribution in [1.29, 1.82) is 0 Å². The normalized spacial score (nSPS) is 14.9. The predicted octanol–water partition coefficient (Wildman–Crippen LogP) is 5.08. The van der Waals surface area contributed by atoms with Gasteiger partial charge in [0, 0.05) is 30.3 Å². The van der Waals surface area contributed by atoms with Gasteiger partial charge in [0.05, 0.1) is 51.7 Å². The molecular formula is C24H20F2N6O2S. The van der Waals surface area contributed by atoms with Gasteiger partial charge in [-0.2, -0.15) is 5.10 Å². The van der Waals surface area contributed by atoms with E-state index in [2.05, 4.69) is 25.4 Å². The smallest absolute Gasteiger partial charge is 0.173 e. The SMILES string of the molecule is C[C@@H](Oc1c(F)c(-c2cnn(C)c2)cc2ncnc(Nc3ccc4ncsc4c3F)c12)C1COC1. The molecule has 5 aromatic rings. The third-order valence-electron chi connectivity index (χ3n) is 6.16. The van der Waals surface area contributed by atoms with Gasteiger partial charge in [0.1, 0.15) is 18.2 Å². The number of benzene rings is 2. The van der Waals surface area contributed by atoms with Crippen LogP contribution in [0.4, 0.5) is 20.3 Å². The first kappa shape index (κ1) is 21.8. The number of hydrogen-bond donors (Lipinski definition) is 1. The lowest BCUT2D eigenvalue weighted by molar-refractivity contribution is -0.0779. The van der Waals surface area contributed by atoms with Gasteiger partial charge < -0.3 is 14.8 Å². The van der Waals surface area contributed by atoms with E-state index in [0.717, 1.165) is 0 Å². The summed E-state index contributed by atoms with van der Waals surface area (Å²) >= 11 is 1.21. The van der Waals surface area contributed by atoms with E-state index in [-0.39, 0.29) is 29.3 Å². The minimum atomic E-state index is -0.561. The Hall–Kier alpha value is -3.70. The van der Waals surface area contributed by atoms with Crippen LogP contribution in [0.15, 0.2) is 42.4 Å². The van der Waals surface area contributed by atoms with E-state index in [1.807, 2.05) is 6.92 Å². The van der Waals surface area contributed by atoms with Gasteiger partial charge in [-0.05, 0) is 25.1 Å². The molecule has 1 fully saturated rings. The van der Waals surface area contributed by atoms with Crippen LogP contribution in [0.25, 0.3) is 32.2 Å². The number of thiazole rings is 1. The lowest BCUT2D eigenvalue weighted by Crippen LogP contribution is -2.39. The molecule has 2 aromatic carbocycles. The molecule has 0 aliphatic carbocycles. The number of nitrogens with zero attached hydrogens (tertiary/aromatic N) is 5. The van der Waals surface area contributed by atoms with Gasteiger partial charge in [-0.3, -0.25) is 4.68 Å². The summed E-state index contributed by atoms with van der Waals surface area (Å²) in [4.78, 5) is 12.8. The molecule has 35 heavy (non-hydrogen) atoms. The Labute approximate surface area is 202 Å². The molecule has 1 N–H and O–H groups in total. The van der Waals surface area contributed by atoms with Crippen molar-refractivity contribution in [3.05, 3.63) is 54.1 Å². The number of anilines is 2. The van der Waals surface area contributed by atoms with E-state index in [1.54, 1.807) is 47.8 Å². The van der Waals surface area contributed by atoms with Crippen LogP contribution in [0.1, 0.15) is 6.92 Å². The molecular weight excluding hydrogens is 474 g/mol. The second-order valence-electron chi connectivity index (χ2n) is 8.46. The molecule has 4 heterocycles. The maximum atomic E-state index is 16.1. The van der Waals surface area contributed by atoms with Crippen molar-refractivity contribution >= 4 is 44.0 Å². The van der Waals surface area contributed by atoms with E-state index in [0.29, 0.717) is 45.5 Å². The molecule has 1 saturated heterocycles. The maximum Gasteiger partial charge on any atom is 0.173 e. The molecule has 3 aromatic heterocycles. The van der Waals surface area contributed by atoms with Crippen LogP contribution < -0.4 is 10.1 Å². The second-order valence-corrected chi connectivity index (χ2v) is 9.31. The fourth-order valence-electron chi connectivity index (χ4n) is 4.07. The average molecular weight is 495 g/mol. The third-order valence-corrected chi connectivity index (χ3v) is 6.99. The number of halogens is 2. The Balaban J connectivity index is 1.52. The van der Waals surface area contributed by atoms with Crippen LogP contribution in [0.5, 0.6) is 5.75 Å². The Bertz CT molecular complexity index is 1570. The van der Waals surface area contributed by atoms with Crippen LogP contribution in [0.2, 0.25) is 0 Å². The highest BCUT2D eigenvalue weighted by atomic mass is 32.1. The molecule has 0 spiro atoms. The van der Waals surface area contributed by atoms with Gasteiger partial charge in [-0.1, -0.05) is 0 Å². The molecule has 0 amide bonds. The molecule has 0 unspecified atom stereocenters. The monoisotopic (exact) mass is 494 g/mol. The minimum Gasteiger partial charge on any atom is -0.486 e. The molecule has 178 valence electrons. The summed E-state index contributed by atoms with van der Waals surface area (Å²) in [7, 11) is 1.76. The van der Waals surface area contributed by atoms with Crippen molar-refractivity contribution < 1.29 is 18.3 Å². The van der Waals surface area contributed by atoms with E-state index >= 15 is 8.78 Å². The fraction of sp³-hybridized carbons (Fsp3) is 0.250. The minimum absolute atomic E-state index is 0.00290. The number of ether oxygens (including phenoxy) is 2. The number of fused-ring (bicyclic) bond motifs is 2. The molecule has 0 saturated carbocycles. The number of rotatable bonds is 6.